The van der Waals surface area contributed by atoms with Gasteiger partial charge in [-0.25, -0.2) is 4.79 Å². The second-order valence-corrected chi connectivity index (χ2v) is 8.76. The molecule has 0 heterocycles. The summed E-state index contributed by atoms with van der Waals surface area (Å²) in [6.45, 7) is 5.98. The summed E-state index contributed by atoms with van der Waals surface area (Å²) in [6.07, 6.45) is 8.22. The molecule has 2 N–H and O–H groups in total. The molecule has 0 aliphatic rings. The Morgan fingerprint density at radius 3 is 1.72 bits per heavy atom. The third-order valence-corrected chi connectivity index (χ3v) is 5.50. The molecule has 0 saturated heterocycles. The fraction of sp³-hybridized carbons (Fsp3) is 0.889. The van der Waals surface area contributed by atoms with Crippen LogP contribution in [0.25, 0.3) is 0 Å². The first kappa shape index (κ1) is 34.4. The minimum absolute atomic E-state index is 0. The van der Waals surface area contributed by atoms with E-state index in [0.717, 1.165) is 51.4 Å². The first-order chi connectivity index (χ1) is 12.6. The van der Waals surface area contributed by atoms with Gasteiger partial charge in [0.05, 0.1) is 6.42 Å². The zero-order valence-corrected chi connectivity index (χ0v) is 17.4. The quantitative estimate of drug-likeness (QED) is 0.119. The summed E-state index contributed by atoms with van der Waals surface area (Å²) < 4.78 is 31.6. The Hall–Kier alpha value is 0.810. The fourth-order valence-corrected chi connectivity index (χ4v) is 3.36. The molecule has 8 nitrogen and oxygen atoms in total. The average Bonchev–Trinajstić information content (AvgIpc) is 2.57. The summed E-state index contributed by atoms with van der Waals surface area (Å²) in [7, 11) is -4.91. The molecule has 164 valence electrons. The van der Waals surface area contributed by atoms with Crippen molar-refractivity contribution in [2.45, 2.75) is 102 Å². The van der Waals surface area contributed by atoms with Gasteiger partial charge in [0, 0.05) is 0 Å². The molecule has 0 saturated carbocycles. The molecule has 0 aliphatic carbocycles. The Morgan fingerprint density at radius 1 is 0.931 bits per heavy atom. The summed E-state index contributed by atoms with van der Waals surface area (Å²) in [6, 6.07) is 0. The van der Waals surface area contributed by atoms with E-state index in [1.165, 1.54) is 0 Å². The first-order valence-corrected chi connectivity index (χ1v) is 11.1. The van der Waals surface area contributed by atoms with Crippen LogP contribution < -0.4 is 0 Å². The molecular formula is C18H36Na2O8S. The van der Waals surface area contributed by atoms with Gasteiger partial charge < -0.3 is 5.11 Å². The Bertz CT molecular complexity index is 542. The second kappa shape index (κ2) is 18.4. The third-order valence-electron chi connectivity index (χ3n) is 4.43. The van der Waals surface area contributed by atoms with Gasteiger partial charge >= 0.3 is 71.1 Å². The van der Waals surface area contributed by atoms with E-state index in [9.17, 15) is 18.0 Å². The zero-order chi connectivity index (χ0) is 20.9. The van der Waals surface area contributed by atoms with E-state index in [0.29, 0.717) is 12.8 Å². The Morgan fingerprint density at radius 2 is 1.38 bits per heavy atom. The number of carboxylic acids is 1. The SMILES string of the molecule is CCCCCCC(C)(CCCCCC)OOC(=O)C(CC(=O)O)S(=O)(=O)O.[NaH].[NaH]. The second-order valence-electron chi connectivity index (χ2n) is 7.16. The van der Waals surface area contributed by atoms with Crippen molar-refractivity contribution in [3.8, 4) is 0 Å². The molecule has 0 fully saturated rings. The van der Waals surface area contributed by atoms with Crippen molar-refractivity contribution in [3.63, 3.8) is 0 Å². The predicted octanol–water partition coefficient (Wildman–Crippen LogP) is 2.59. The minimum atomic E-state index is -4.91. The molecule has 0 radical (unpaired) electrons. The van der Waals surface area contributed by atoms with Crippen LogP contribution >= 0.6 is 0 Å². The van der Waals surface area contributed by atoms with E-state index in [1.807, 2.05) is 0 Å². The van der Waals surface area contributed by atoms with Crippen LogP contribution in [-0.4, -0.2) is 100.0 Å². The number of hydrogen-bond donors (Lipinski definition) is 2. The van der Waals surface area contributed by atoms with Gasteiger partial charge in [-0.1, -0.05) is 65.2 Å². The van der Waals surface area contributed by atoms with Crippen LogP contribution in [-0.2, 0) is 29.5 Å². The van der Waals surface area contributed by atoms with E-state index in [-0.39, 0.29) is 59.1 Å². The third kappa shape index (κ3) is 17.1. The normalized spacial score (nSPS) is 12.4. The van der Waals surface area contributed by atoms with E-state index in [1.54, 1.807) is 6.92 Å². The van der Waals surface area contributed by atoms with E-state index in [4.69, 9.17) is 14.5 Å². The first-order valence-electron chi connectivity index (χ1n) is 9.63. The summed E-state index contributed by atoms with van der Waals surface area (Å²) in [5.74, 6) is -2.97. The molecule has 1 unspecified atom stereocenters. The predicted molar refractivity (Wildman–Crippen MR) is 115 cm³/mol. The van der Waals surface area contributed by atoms with Crippen molar-refractivity contribution in [2.75, 3.05) is 0 Å². The van der Waals surface area contributed by atoms with Gasteiger partial charge in [-0.3, -0.25) is 14.2 Å². The summed E-state index contributed by atoms with van der Waals surface area (Å²) in [5, 5.41) is 6.52. The number of unbranched alkanes of at least 4 members (excludes halogenated alkanes) is 6. The molecular weight excluding hydrogens is 422 g/mol. The molecule has 29 heavy (non-hydrogen) atoms. The number of rotatable bonds is 16. The van der Waals surface area contributed by atoms with Crippen LogP contribution in [0.3, 0.4) is 0 Å². The average molecular weight is 459 g/mol. The molecule has 0 aromatic carbocycles. The van der Waals surface area contributed by atoms with Crippen molar-refractivity contribution < 1.29 is 37.4 Å². The summed E-state index contributed by atoms with van der Waals surface area (Å²) >= 11 is 0. The van der Waals surface area contributed by atoms with Crippen LogP contribution in [0.5, 0.6) is 0 Å². The van der Waals surface area contributed by atoms with Crippen LogP contribution in [0.15, 0.2) is 0 Å². The van der Waals surface area contributed by atoms with Gasteiger partial charge in [0.1, 0.15) is 5.60 Å². The summed E-state index contributed by atoms with van der Waals surface area (Å²) in [5.41, 5.74) is -0.788. The topological polar surface area (TPSA) is 127 Å². The monoisotopic (exact) mass is 458 g/mol. The number of aliphatic carboxylic acids is 1. The molecule has 0 aromatic rings. The van der Waals surface area contributed by atoms with Crippen LogP contribution in [0.2, 0.25) is 0 Å². The maximum atomic E-state index is 12.0. The number of carbonyl (C=O) groups excluding carboxylic acids is 1. The fourth-order valence-electron chi connectivity index (χ4n) is 2.72. The van der Waals surface area contributed by atoms with E-state index in [2.05, 4.69) is 18.7 Å². The van der Waals surface area contributed by atoms with Crippen molar-refractivity contribution in [2.24, 2.45) is 0 Å². The summed E-state index contributed by atoms with van der Waals surface area (Å²) in [4.78, 5) is 32.7. The maximum absolute atomic E-state index is 12.0. The molecule has 0 aromatic heterocycles. The number of carbonyl (C=O) groups is 2. The van der Waals surface area contributed by atoms with Crippen molar-refractivity contribution in [1.29, 1.82) is 0 Å². The molecule has 0 aliphatic heterocycles. The molecule has 0 rings (SSSR count). The standard InChI is InChI=1S/C18H34O8S.2Na.2H/c1-4-6-8-10-12-18(3,13-11-9-7-5-2)26-25-17(21)15(14-16(19)20)27(22,23)24;;;;/h15H,4-14H2,1-3H3,(H,19,20)(H,22,23,24);;;;. The van der Waals surface area contributed by atoms with Gasteiger partial charge in [-0.15, -0.1) is 0 Å². The molecule has 11 heteroatoms. The Labute approximate surface area is 219 Å². The van der Waals surface area contributed by atoms with Gasteiger partial charge in [-0.2, -0.15) is 13.3 Å². The molecule has 0 amide bonds. The van der Waals surface area contributed by atoms with Crippen LogP contribution in [0.1, 0.15) is 91.4 Å². The van der Waals surface area contributed by atoms with Gasteiger partial charge in [0.2, 0.25) is 0 Å². The van der Waals surface area contributed by atoms with Gasteiger partial charge in [-0.05, 0) is 19.8 Å². The van der Waals surface area contributed by atoms with E-state index >= 15 is 0 Å². The number of hydrogen-bond acceptors (Lipinski definition) is 6. The van der Waals surface area contributed by atoms with Crippen LogP contribution in [0, 0.1) is 0 Å². The molecule has 0 spiro atoms. The van der Waals surface area contributed by atoms with Crippen molar-refractivity contribution in [3.05, 3.63) is 0 Å². The van der Waals surface area contributed by atoms with Crippen molar-refractivity contribution in [1.82, 2.24) is 0 Å². The van der Waals surface area contributed by atoms with Crippen molar-refractivity contribution >= 4 is 81.2 Å². The number of carboxylic acid groups (broad SMARTS) is 1. The zero-order valence-electron chi connectivity index (χ0n) is 16.6. The Kier molecular flexibility index (Phi) is 21.8. The van der Waals surface area contributed by atoms with Gasteiger partial charge in [0.15, 0.2) is 5.25 Å². The Balaban J connectivity index is -0.00000338. The van der Waals surface area contributed by atoms with Crippen LogP contribution in [0.4, 0.5) is 0 Å². The van der Waals surface area contributed by atoms with E-state index < -0.39 is 39.3 Å². The van der Waals surface area contributed by atoms with Gasteiger partial charge in [0.25, 0.3) is 10.1 Å². The molecule has 0 bridgehead atoms. The molecule has 1 atom stereocenters.